The van der Waals surface area contributed by atoms with E-state index in [4.69, 9.17) is 5.73 Å². The molecular weight excluding hydrogens is 314 g/mol. The predicted molar refractivity (Wildman–Crippen MR) is 93.2 cm³/mol. The highest BCUT2D eigenvalue weighted by molar-refractivity contribution is 5.87. The minimum Gasteiger partial charge on any atom is -0.356 e. The Labute approximate surface area is 143 Å². The van der Waals surface area contributed by atoms with E-state index in [1.54, 1.807) is 6.92 Å². The van der Waals surface area contributed by atoms with Crippen LogP contribution in [0.4, 0.5) is 0 Å². The third kappa shape index (κ3) is 5.22. The molecule has 2 amide bonds. The fourth-order valence-corrected chi connectivity index (χ4v) is 2.42. The smallest absolute Gasteiger partial charge is 0.244 e. The molecule has 1 aliphatic carbocycles. The number of hydrogen-bond acceptors (Lipinski definition) is 3. The molecule has 0 heterocycles. The van der Waals surface area contributed by atoms with Crippen LogP contribution in [-0.4, -0.2) is 24.9 Å². The molecule has 1 atom stereocenters. The van der Waals surface area contributed by atoms with E-state index >= 15 is 0 Å². The third-order valence-electron chi connectivity index (χ3n) is 4.26. The zero-order chi connectivity index (χ0) is 16.0. The van der Waals surface area contributed by atoms with Crippen molar-refractivity contribution < 1.29 is 9.59 Å². The number of nitrogens with two attached hydrogens (primary N) is 1. The molecule has 2 rings (SSSR count). The van der Waals surface area contributed by atoms with Gasteiger partial charge in [0.2, 0.25) is 11.8 Å². The van der Waals surface area contributed by atoms with Gasteiger partial charge in [0.25, 0.3) is 0 Å². The molecule has 1 aliphatic rings. The molecule has 6 heteroatoms. The van der Waals surface area contributed by atoms with E-state index in [-0.39, 0.29) is 30.1 Å². The number of hydrogen-bond donors (Lipinski definition) is 3. The number of benzene rings is 1. The Morgan fingerprint density at radius 2 is 1.78 bits per heavy atom. The Bertz CT molecular complexity index is 516. The first-order valence-electron chi connectivity index (χ1n) is 7.92. The normalized spacial score (nSPS) is 16.4. The van der Waals surface area contributed by atoms with E-state index < -0.39 is 5.54 Å². The maximum atomic E-state index is 12.2. The fraction of sp³-hybridized carbons (Fsp3) is 0.529. The molecule has 4 N–H and O–H groups in total. The Kier molecular flexibility index (Phi) is 7.52. The van der Waals surface area contributed by atoms with Gasteiger partial charge in [0.1, 0.15) is 5.54 Å². The minimum absolute atomic E-state index is 0. The molecule has 1 fully saturated rings. The van der Waals surface area contributed by atoms with Gasteiger partial charge in [0.05, 0.1) is 0 Å². The highest BCUT2D eigenvalue weighted by Crippen LogP contribution is 2.26. The summed E-state index contributed by atoms with van der Waals surface area (Å²) in [5.41, 5.74) is 5.87. The van der Waals surface area contributed by atoms with Crippen molar-refractivity contribution in [1.82, 2.24) is 10.6 Å². The summed E-state index contributed by atoms with van der Waals surface area (Å²) >= 11 is 0. The molecule has 0 radical (unpaired) electrons. The summed E-state index contributed by atoms with van der Waals surface area (Å²) in [7, 11) is 0. The zero-order valence-corrected chi connectivity index (χ0v) is 14.3. The van der Waals surface area contributed by atoms with Crippen LogP contribution in [0.2, 0.25) is 0 Å². The van der Waals surface area contributed by atoms with Crippen LogP contribution >= 0.6 is 12.4 Å². The molecule has 5 nitrogen and oxygen atoms in total. The molecule has 1 aromatic rings. The van der Waals surface area contributed by atoms with Crippen molar-refractivity contribution in [3.8, 4) is 0 Å². The highest BCUT2D eigenvalue weighted by Gasteiger charge is 2.29. The highest BCUT2D eigenvalue weighted by atomic mass is 35.5. The fourth-order valence-electron chi connectivity index (χ4n) is 2.42. The number of nitrogens with one attached hydrogen (secondary N) is 2. The van der Waals surface area contributed by atoms with Crippen LogP contribution in [0.3, 0.4) is 0 Å². The largest absolute Gasteiger partial charge is 0.356 e. The number of halogens is 1. The van der Waals surface area contributed by atoms with E-state index in [0.29, 0.717) is 19.5 Å². The summed E-state index contributed by atoms with van der Waals surface area (Å²) < 4.78 is 0. The van der Waals surface area contributed by atoms with Crippen LogP contribution in [0.25, 0.3) is 0 Å². The molecule has 0 bridgehead atoms. The summed E-state index contributed by atoms with van der Waals surface area (Å²) in [4.78, 5) is 23.9. The summed E-state index contributed by atoms with van der Waals surface area (Å²) in [6, 6.07) is 9.31. The van der Waals surface area contributed by atoms with Crippen LogP contribution in [0.5, 0.6) is 0 Å². The second-order valence-electron chi connectivity index (χ2n) is 6.10. The van der Waals surface area contributed by atoms with Gasteiger partial charge in [-0.05, 0) is 31.7 Å². The second kappa shape index (κ2) is 8.89. The quantitative estimate of drug-likeness (QED) is 0.661. The Morgan fingerprint density at radius 3 is 2.35 bits per heavy atom. The third-order valence-corrected chi connectivity index (χ3v) is 4.26. The second-order valence-corrected chi connectivity index (χ2v) is 6.10. The van der Waals surface area contributed by atoms with Crippen molar-refractivity contribution in [2.75, 3.05) is 13.1 Å². The average Bonchev–Trinajstić information content (AvgIpc) is 2.45. The lowest BCUT2D eigenvalue weighted by Crippen LogP contribution is -2.49. The molecular formula is C17H26ClN3O2. The van der Waals surface area contributed by atoms with Crippen molar-refractivity contribution in [3.05, 3.63) is 35.9 Å². The molecule has 1 aromatic carbocycles. The number of carbonyl (C=O) groups is 2. The van der Waals surface area contributed by atoms with Gasteiger partial charge in [-0.1, -0.05) is 36.8 Å². The standard InChI is InChI=1S/C17H25N3O2.ClH/c1-17(18,14-9-3-2-4-10-14)16(22)20-12-6-11-19-15(21)13-7-5-8-13;/h2-4,9-10,13H,5-8,11-12,18H2,1H3,(H,19,21)(H,20,22);1H. The molecule has 0 aromatic heterocycles. The SMILES string of the molecule is CC(N)(C(=O)NCCCNC(=O)C1CCC1)c1ccccc1.Cl. The van der Waals surface area contributed by atoms with Crippen LogP contribution in [0.1, 0.15) is 38.2 Å². The van der Waals surface area contributed by atoms with Crippen LogP contribution in [0.15, 0.2) is 30.3 Å². The summed E-state index contributed by atoms with van der Waals surface area (Å²) in [6.45, 7) is 2.79. The lowest BCUT2D eigenvalue weighted by atomic mass is 9.85. The number of carbonyl (C=O) groups excluding carboxylic acids is 2. The lowest BCUT2D eigenvalue weighted by molar-refractivity contribution is -0.127. The molecule has 128 valence electrons. The van der Waals surface area contributed by atoms with Gasteiger partial charge in [-0.15, -0.1) is 12.4 Å². The van der Waals surface area contributed by atoms with Gasteiger partial charge in [-0.3, -0.25) is 9.59 Å². The maximum absolute atomic E-state index is 12.2. The average molecular weight is 340 g/mol. The van der Waals surface area contributed by atoms with E-state index in [2.05, 4.69) is 10.6 Å². The number of amides is 2. The van der Waals surface area contributed by atoms with E-state index in [9.17, 15) is 9.59 Å². The van der Waals surface area contributed by atoms with E-state index in [1.165, 1.54) is 0 Å². The van der Waals surface area contributed by atoms with Gasteiger partial charge in [0, 0.05) is 19.0 Å². The molecule has 0 aliphatic heterocycles. The minimum atomic E-state index is -1.05. The lowest BCUT2D eigenvalue weighted by Gasteiger charge is -2.25. The summed E-state index contributed by atoms with van der Waals surface area (Å²) in [5.74, 6) is 0.148. The monoisotopic (exact) mass is 339 g/mol. The molecule has 1 saturated carbocycles. The first kappa shape index (κ1) is 19.5. The first-order valence-corrected chi connectivity index (χ1v) is 7.92. The van der Waals surface area contributed by atoms with E-state index in [0.717, 1.165) is 24.8 Å². The van der Waals surface area contributed by atoms with Crippen molar-refractivity contribution in [2.24, 2.45) is 11.7 Å². The van der Waals surface area contributed by atoms with Crippen LogP contribution in [-0.2, 0) is 15.1 Å². The Balaban J connectivity index is 0.00000264. The number of rotatable bonds is 7. The van der Waals surface area contributed by atoms with Crippen molar-refractivity contribution in [1.29, 1.82) is 0 Å². The van der Waals surface area contributed by atoms with Crippen molar-refractivity contribution in [2.45, 2.75) is 38.1 Å². The Hall–Kier alpha value is -1.59. The van der Waals surface area contributed by atoms with Gasteiger partial charge >= 0.3 is 0 Å². The van der Waals surface area contributed by atoms with Crippen molar-refractivity contribution >= 4 is 24.2 Å². The van der Waals surface area contributed by atoms with Crippen molar-refractivity contribution in [3.63, 3.8) is 0 Å². The van der Waals surface area contributed by atoms with Gasteiger partial charge < -0.3 is 16.4 Å². The summed E-state index contributed by atoms with van der Waals surface area (Å²) in [5, 5.41) is 5.74. The molecule has 0 saturated heterocycles. The zero-order valence-electron chi connectivity index (χ0n) is 13.5. The molecule has 1 unspecified atom stereocenters. The van der Waals surface area contributed by atoms with Crippen LogP contribution in [0, 0.1) is 5.92 Å². The first-order chi connectivity index (χ1) is 10.5. The van der Waals surface area contributed by atoms with Crippen LogP contribution < -0.4 is 16.4 Å². The van der Waals surface area contributed by atoms with Gasteiger partial charge in [-0.2, -0.15) is 0 Å². The topological polar surface area (TPSA) is 84.2 Å². The Morgan fingerprint density at radius 1 is 1.17 bits per heavy atom. The maximum Gasteiger partial charge on any atom is 0.244 e. The molecule has 0 spiro atoms. The summed E-state index contributed by atoms with van der Waals surface area (Å²) in [6.07, 6.45) is 3.87. The van der Waals surface area contributed by atoms with E-state index in [1.807, 2.05) is 30.3 Å². The van der Waals surface area contributed by atoms with Gasteiger partial charge in [0.15, 0.2) is 0 Å². The predicted octanol–water partition coefficient (Wildman–Crippen LogP) is 1.70. The van der Waals surface area contributed by atoms with Gasteiger partial charge in [-0.25, -0.2) is 0 Å². The molecule has 23 heavy (non-hydrogen) atoms.